The zero-order valence-electron chi connectivity index (χ0n) is 9.57. The lowest BCUT2D eigenvalue weighted by atomic mass is 10.3. The van der Waals surface area contributed by atoms with Crippen LogP contribution in [0.4, 0.5) is 5.82 Å². The maximum Gasteiger partial charge on any atom is 0.227 e. The Morgan fingerprint density at radius 2 is 2.12 bits per heavy atom. The van der Waals surface area contributed by atoms with Crippen LogP contribution in [0.3, 0.4) is 0 Å². The standard InChI is InChI=1S/C12H12BrN3O/c1-8-11(14-2)15-7-16-12(8)17-10-5-3-4-9(13)6-10/h3-7H,1-2H3,(H,14,15,16). The molecular formula is C12H12BrN3O. The molecule has 1 heterocycles. The molecule has 0 fully saturated rings. The van der Waals surface area contributed by atoms with Gasteiger partial charge in [0.2, 0.25) is 5.88 Å². The Balaban J connectivity index is 2.30. The van der Waals surface area contributed by atoms with Gasteiger partial charge in [0.15, 0.2) is 0 Å². The topological polar surface area (TPSA) is 47.0 Å². The summed E-state index contributed by atoms with van der Waals surface area (Å²) in [6.45, 7) is 1.92. The van der Waals surface area contributed by atoms with Gasteiger partial charge in [-0.25, -0.2) is 9.97 Å². The van der Waals surface area contributed by atoms with Crippen molar-refractivity contribution in [2.24, 2.45) is 0 Å². The number of rotatable bonds is 3. The summed E-state index contributed by atoms with van der Waals surface area (Å²) in [6.07, 6.45) is 1.48. The van der Waals surface area contributed by atoms with Crippen molar-refractivity contribution in [3.05, 3.63) is 40.6 Å². The number of hydrogen-bond acceptors (Lipinski definition) is 4. The lowest BCUT2D eigenvalue weighted by molar-refractivity contribution is 0.457. The number of nitrogens with zero attached hydrogens (tertiary/aromatic N) is 2. The van der Waals surface area contributed by atoms with Crippen LogP contribution >= 0.6 is 15.9 Å². The molecule has 1 aromatic heterocycles. The SMILES string of the molecule is CNc1ncnc(Oc2cccc(Br)c2)c1C. The molecule has 0 unspecified atom stereocenters. The summed E-state index contributed by atoms with van der Waals surface area (Å²) >= 11 is 3.40. The lowest BCUT2D eigenvalue weighted by Gasteiger charge is -2.10. The second kappa shape index (κ2) is 5.14. The van der Waals surface area contributed by atoms with Crippen molar-refractivity contribution in [1.29, 1.82) is 0 Å². The first-order chi connectivity index (χ1) is 8.20. The van der Waals surface area contributed by atoms with Gasteiger partial charge in [-0.1, -0.05) is 22.0 Å². The highest BCUT2D eigenvalue weighted by Gasteiger charge is 2.07. The van der Waals surface area contributed by atoms with Crippen molar-refractivity contribution in [1.82, 2.24) is 9.97 Å². The van der Waals surface area contributed by atoms with Gasteiger partial charge in [0.25, 0.3) is 0 Å². The van der Waals surface area contributed by atoms with E-state index in [4.69, 9.17) is 4.74 Å². The van der Waals surface area contributed by atoms with E-state index >= 15 is 0 Å². The summed E-state index contributed by atoms with van der Waals surface area (Å²) in [7, 11) is 1.82. The number of benzene rings is 1. The highest BCUT2D eigenvalue weighted by molar-refractivity contribution is 9.10. The van der Waals surface area contributed by atoms with Gasteiger partial charge in [0.05, 0.1) is 5.56 Å². The van der Waals surface area contributed by atoms with E-state index in [1.54, 1.807) is 0 Å². The van der Waals surface area contributed by atoms with Crippen LogP contribution in [0.15, 0.2) is 35.1 Å². The van der Waals surface area contributed by atoms with Crippen molar-refractivity contribution < 1.29 is 4.74 Å². The normalized spacial score (nSPS) is 10.1. The average molecular weight is 294 g/mol. The van der Waals surface area contributed by atoms with Crippen molar-refractivity contribution in [3.63, 3.8) is 0 Å². The third-order valence-corrected chi connectivity index (χ3v) is 2.78. The number of hydrogen-bond donors (Lipinski definition) is 1. The van der Waals surface area contributed by atoms with Crippen molar-refractivity contribution in [2.45, 2.75) is 6.92 Å². The van der Waals surface area contributed by atoms with Gasteiger partial charge in [-0.05, 0) is 25.1 Å². The first kappa shape index (κ1) is 11.9. The van der Waals surface area contributed by atoms with E-state index < -0.39 is 0 Å². The van der Waals surface area contributed by atoms with Gasteiger partial charge in [-0.3, -0.25) is 0 Å². The predicted octanol–water partition coefficient (Wildman–Crippen LogP) is 3.38. The maximum atomic E-state index is 5.71. The molecule has 88 valence electrons. The van der Waals surface area contributed by atoms with Crippen molar-refractivity contribution in [2.75, 3.05) is 12.4 Å². The maximum absolute atomic E-state index is 5.71. The summed E-state index contributed by atoms with van der Waals surface area (Å²) in [5, 5.41) is 2.99. The smallest absolute Gasteiger partial charge is 0.227 e. The van der Waals surface area contributed by atoms with Gasteiger partial charge >= 0.3 is 0 Å². The van der Waals surface area contributed by atoms with E-state index in [0.29, 0.717) is 5.88 Å². The van der Waals surface area contributed by atoms with E-state index in [1.807, 2.05) is 38.2 Å². The van der Waals surface area contributed by atoms with Crippen LogP contribution in [0, 0.1) is 6.92 Å². The predicted molar refractivity (Wildman–Crippen MR) is 70.5 cm³/mol. The average Bonchev–Trinajstić information content (AvgIpc) is 2.32. The second-order valence-corrected chi connectivity index (χ2v) is 4.38. The third-order valence-electron chi connectivity index (χ3n) is 2.29. The quantitative estimate of drug-likeness (QED) is 0.942. The highest BCUT2D eigenvalue weighted by Crippen LogP contribution is 2.27. The summed E-state index contributed by atoms with van der Waals surface area (Å²) < 4.78 is 6.68. The molecule has 0 atom stereocenters. The number of aromatic nitrogens is 2. The summed E-state index contributed by atoms with van der Waals surface area (Å²) in [6, 6.07) is 7.62. The molecule has 0 aliphatic rings. The van der Waals surface area contributed by atoms with Crippen LogP contribution in [0.25, 0.3) is 0 Å². The second-order valence-electron chi connectivity index (χ2n) is 3.46. The molecule has 1 N–H and O–H groups in total. The Hall–Kier alpha value is -1.62. The van der Waals surface area contributed by atoms with E-state index in [0.717, 1.165) is 21.6 Å². The first-order valence-electron chi connectivity index (χ1n) is 5.13. The van der Waals surface area contributed by atoms with E-state index in [-0.39, 0.29) is 0 Å². The zero-order chi connectivity index (χ0) is 12.3. The fourth-order valence-electron chi connectivity index (χ4n) is 1.43. The third kappa shape index (κ3) is 2.74. The van der Waals surface area contributed by atoms with Crippen molar-refractivity contribution in [3.8, 4) is 11.6 Å². The molecule has 0 bridgehead atoms. The summed E-state index contributed by atoms with van der Waals surface area (Å²) in [4.78, 5) is 8.23. The Bertz CT molecular complexity index is 531. The van der Waals surface area contributed by atoms with Gasteiger partial charge in [-0.15, -0.1) is 0 Å². The highest BCUT2D eigenvalue weighted by atomic mass is 79.9. The first-order valence-corrected chi connectivity index (χ1v) is 5.93. The molecular weight excluding hydrogens is 282 g/mol. The zero-order valence-corrected chi connectivity index (χ0v) is 11.2. The molecule has 0 saturated heterocycles. The molecule has 0 saturated carbocycles. The number of anilines is 1. The van der Waals surface area contributed by atoms with E-state index in [1.165, 1.54) is 6.33 Å². The minimum atomic E-state index is 0.558. The number of halogens is 1. The van der Waals surface area contributed by atoms with Crippen LogP contribution < -0.4 is 10.1 Å². The molecule has 0 aliphatic heterocycles. The Morgan fingerprint density at radius 3 is 2.82 bits per heavy atom. The van der Waals surface area contributed by atoms with E-state index in [9.17, 15) is 0 Å². The summed E-state index contributed by atoms with van der Waals surface area (Å²) in [5.74, 6) is 2.07. The Kier molecular flexibility index (Phi) is 3.58. The fraction of sp³-hybridized carbons (Fsp3) is 0.167. The molecule has 0 aliphatic carbocycles. The number of nitrogens with one attached hydrogen (secondary N) is 1. The van der Waals surface area contributed by atoms with Crippen LogP contribution in [-0.4, -0.2) is 17.0 Å². The Labute approximate surface area is 108 Å². The fourth-order valence-corrected chi connectivity index (χ4v) is 1.81. The van der Waals surface area contributed by atoms with Crippen LogP contribution in [0.5, 0.6) is 11.6 Å². The van der Waals surface area contributed by atoms with Crippen LogP contribution in [-0.2, 0) is 0 Å². The summed E-state index contributed by atoms with van der Waals surface area (Å²) in [5.41, 5.74) is 0.884. The molecule has 17 heavy (non-hydrogen) atoms. The molecule has 0 radical (unpaired) electrons. The molecule has 1 aromatic carbocycles. The molecule has 2 aromatic rings. The molecule has 5 heteroatoms. The molecule has 2 rings (SSSR count). The molecule has 0 amide bonds. The molecule has 4 nitrogen and oxygen atoms in total. The lowest BCUT2D eigenvalue weighted by Crippen LogP contribution is -1.99. The monoisotopic (exact) mass is 293 g/mol. The minimum absolute atomic E-state index is 0.558. The van der Waals surface area contributed by atoms with Crippen LogP contribution in [0.2, 0.25) is 0 Å². The van der Waals surface area contributed by atoms with Gasteiger partial charge < -0.3 is 10.1 Å². The molecule has 0 spiro atoms. The minimum Gasteiger partial charge on any atom is -0.439 e. The Morgan fingerprint density at radius 1 is 1.29 bits per heavy atom. The van der Waals surface area contributed by atoms with Gasteiger partial charge in [0.1, 0.15) is 17.9 Å². The van der Waals surface area contributed by atoms with E-state index in [2.05, 4.69) is 31.2 Å². The van der Waals surface area contributed by atoms with Gasteiger partial charge in [-0.2, -0.15) is 0 Å². The van der Waals surface area contributed by atoms with Crippen molar-refractivity contribution >= 4 is 21.7 Å². The largest absolute Gasteiger partial charge is 0.439 e. The number of ether oxygens (including phenoxy) is 1. The van der Waals surface area contributed by atoms with Crippen LogP contribution in [0.1, 0.15) is 5.56 Å². The van der Waals surface area contributed by atoms with Gasteiger partial charge in [0, 0.05) is 11.5 Å².